The highest BCUT2D eigenvalue weighted by Crippen LogP contribution is 2.31. The van der Waals surface area contributed by atoms with Crippen molar-refractivity contribution in [3.63, 3.8) is 0 Å². The van der Waals surface area contributed by atoms with E-state index in [4.69, 9.17) is 18.9 Å². The molecule has 1 rings (SSSR count). The number of rotatable bonds is 16. The van der Waals surface area contributed by atoms with Crippen LogP contribution in [0.15, 0.2) is 0 Å². The number of unbranched alkanes of at least 4 members (excludes halogenated alkanes) is 1. The highest BCUT2D eigenvalue weighted by atomic mass is 19.4. The molecule has 0 spiro atoms. The monoisotopic (exact) mass is 715 g/mol. The summed E-state index contributed by atoms with van der Waals surface area (Å²) in [5, 5.41) is 0. The number of piperidine rings is 1. The minimum Gasteiger partial charge on any atom is -0.464 e. The van der Waals surface area contributed by atoms with Crippen molar-refractivity contribution in [1.29, 1.82) is 0 Å². The first kappa shape index (κ1) is 42.0. The van der Waals surface area contributed by atoms with E-state index in [1.807, 2.05) is 0 Å². The summed E-state index contributed by atoms with van der Waals surface area (Å²) in [6, 6.07) is -1.54. The number of alkyl halides is 12. The first-order chi connectivity index (χ1) is 21.4. The maximum absolute atomic E-state index is 12.8. The third-order valence-corrected chi connectivity index (χ3v) is 6.44. The second-order valence-corrected chi connectivity index (χ2v) is 10.5. The zero-order chi connectivity index (χ0) is 36.2. The van der Waals surface area contributed by atoms with Crippen molar-refractivity contribution >= 4 is 23.9 Å². The molecule has 0 N–H and O–H groups in total. The molecule has 4 atom stereocenters. The van der Waals surface area contributed by atoms with Gasteiger partial charge in [-0.25, -0.2) is 0 Å². The van der Waals surface area contributed by atoms with Crippen LogP contribution in [0.2, 0.25) is 0 Å². The van der Waals surface area contributed by atoms with E-state index >= 15 is 0 Å². The molecule has 1 heterocycles. The normalized spacial score (nSPS) is 21.2. The summed E-state index contributed by atoms with van der Waals surface area (Å²) in [6.45, 7) is 0.0349. The highest BCUT2D eigenvalue weighted by molar-refractivity contribution is 5.72. The van der Waals surface area contributed by atoms with Gasteiger partial charge in [-0.3, -0.25) is 24.1 Å². The fourth-order valence-electron chi connectivity index (χ4n) is 4.20. The Morgan fingerprint density at radius 1 is 0.596 bits per heavy atom. The lowest BCUT2D eigenvalue weighted by atomic mass is 9.92. The summed E-state index contributed by atoms with van der Waals surface area (Å²) in [5.74, 6) is -6.25. The maximum atomic E-state index is 12.8. The number of hydrogen-bond acceptors (Lipinski definition) is 9. The van der Waals surface area contributed by atoms with Crippen LogP contribution in [-0.2, 0) is 38.1 Å². The van der Waals surface area contributed by atoms with Gasteiger partial charge in [-0.2, -0.15) is 52.7 Å². The van der Waals surface area contributed by atoms with Gasteiger partial charge in [0.15, 0.2) is 18.3 Å². The number of carbonyl (C=O) groups excluding carboxylic acids is 4. The molecule has 1 aliphatic rings. The van der Waals surface area contributed by atoms with E-state index in [-0.39, 0.29) is 13.0 Å². The SMILES string of the molecule is CCCCN1C[C@H](OC(=O)CCC(F)(F)F)[C@@H](OC(=O)CCC(F)(F)F)[C@H](OC(=O)CCC(F)(F)F)[C@H]1COC(=O)CCC(F)(F)F. The van der Waals surface area contributed by atoms with Crippen molar-refractivity contribution in [3.05, 3.63) is 0 Å². The predicted molar refractivity (Wildman–Crippen MR) is 132 cm³/mol. The Balaban J connectivity index is 3.52. The molecule has 9 nitrogen and oxygen atoms in total. The van der Waals surface area contributed by atoms with Gasteiger partial charge in [0, 0.05) is 6.54 Å². The lowest BCUT2D eigenvalue weighted by Crippen LogP contribution is -2.65. The summed E-state index contributed by atoms with van der Waals surface area (Å²) in [7, 11) is 0. The molecule has 274 valence electrons. The van der Waals surface area contributed by atoms with Crippen LogP contribution in [0.4, 0.5) is 52.7 Å². The second kappa shape index (κ2) is 18.0. The Bertz CT molecular complexity index is 1030. The lowest BCUT2D eigenvalue weighted by Gasteiger charge is -2.47. The van der Waals surface area contributed by atoms with E-state index in [1.165, 1.54) is 4.90 Å². The van der Waals surface area contributed by atoms with Gasteiger partial charge in [-0.1, -0.05) is 13.3 Å². The summed E-state index contributed by atoms with van der Waals surface area (Å²) in [5.41, 5.74) is 0. The molecule has 0 saturated carbocycles. The van der Waals surface area contributed by atoms with Gasteiger partial charge in [0.25, 0.3) is 0 Å². The van der Waals surface area contributed by atoms with Gasteiger partial charge >= 0.3 is 48.6 Å². The average Bonchev–Trinajstić information content (AvgIpc) is 2.91. The number of hydrogen-bond donors (Lipinski definition) is 0. The molecule has 1 aliphatic heterocycles. The van der Waals surface area contributed by atoms with Crippen LogP contribution < -0.4 is 0 Å². The summed E-state index contributed by atoms with van der Waals surface area (Å²) in [4.78, 5) is 50.6. The topological polar surface area (TPSA) is 108 Å². The third kappa shape index (κ3) is 18.8. The molecule has 0 aromatic carbocycles. The Hall–Kier alpha value is -3.00. The fraction of sp³-hybridized carbons (Fsp3) is 0.846. The number of halogens is 12. The third-order valence-electron chi connectivity index (χ3n) is 6.44. The molecule has 0 unspecified atom stereocenters. The largest absolute Gasteiger partial charge is 0.464 e. The van der Waals surface area contributed by atoms with Crippen molar-refractivity contribution in [3.8, 4) is 0 Å². The Morgan fingerprint density at radius 2 is 0.979 bits per heavy atom. The van der Waals surface area contributed by atoms with E-state index in [2.05, 4.69) is 0 Å². The van der Waals surface area contributed by atoms with E-state index in [0.29, 0.717) is 6.42 Å². The van der Waals surface area contributed by atoms with Crippen molar-refractivity contribution in [2.45, 2.75) is 120 Å². The number of nitrogens with zero attached hydrogens (tertiary/aromatic N) is 1. The Labute approximate surface area is 260 Å². The number of likely N-dealkylation sites (tertiary alicyclic amines) is 1. The van der Waals surface area contributed by atoms with Crippen LogP contribution in [0.3, 0.4) is 0 Å². The number of carbonyl (C=O) groups is 4. The number of esters is 4. The van der Waals surface area contributed by atoms with Gasteiger partial charge in [0.2, 0.25) is 0 Å². The maximum Gasteiger partial charge on any atom is 0.389 e. The molecule has 0 amide bonds. The van der Waals surface area contributed by atoms with Gasteiger partial charge in [-0.05, 0) is 13.0 Å². The predicted octanol–water partition coefficient (Wildman–Crippen LogP) is 6.12. The smallest absolute Gasteiger partial charge is 0.389 e. The number of ether oxygens (including phenoxy) is 4. The molecule has 0 bridgehead atoms. The minimum absolute atomic E-state index is 0.0801. The molecular weight excluding hydrogens is 682 g/mol. The molecule has 1 fully saturated rings. The molecule has 0 aromatic rings. The molecular formula is C26H33F12NO8. The van der Waals surface area contributed by atoms with Gasteiger partial charge < -0.3 is 18.9 Å². The molecule has 21 heteroatoms. The minimum atomic E-state index is -4.89. The Morgan fingerprint density at radius 3 is 1.38 bits per heavy atom. The van der Waals surface area contributed by atoms with Crippen molar-refractivity contribution < 1.29 is 90.8 Å². The van der Waals surface area contributed by atoms with Crippen molar-refractivity contribution in [1.82, 2.24) is 4.90 Å². The van der Waals surface area contributed by atoms with Crippen LogP contribution in [-0.4, -0.2) is 97.5 Å². The van der Waals surface area contributed by atoms with E-state index in [1.54, 1.807) is 6.92 Å². The second-order valence-electron chi connectivity index (χ2n) is 10.5. The molecule has 47 heavy (non-hydrogen) atoms. The summed E-state index contributed by atoms with van der Waals surface area (Å²) in [6.07, 6.45) is -36.7. The fourth-order valence-corrected chi connectivity index (χ4v) is 4.20. The average molecular weight is 716 g/mol. The van der Waals surface area contributed by atoms with Crippen LogP contribution in [0.5, 0.6) is 0 Å². The van der Waals surface area contributed by atoms with Crippen molar-refractivity contribution in [2.24, 2.45) is 0 Å². The lowest BCUT2D eigenvalue weighted by molar-refractivity contribution is -0.214. The summed E-state index contributed by atoms with van der Waals surface area (Å²) < 4.78 is 172. The summed E-state index contributed by atoms with van der Waals surface area (Å²) >= 11 is 0. The Kier molecular flexibility index (Phi) is 16.1. The van der Waals surface area contributed by atoms with Crippen molar-refractivity contribution in [2.75, 3.05) is 19.7 Å². The van der Waals surface area contributed by atoms with Gasteiger partial charge in [0.1, 0.15) is 6.61 Å². The van der Waals surface area contributed by atoms with E-state index in [0.717, 1.165) is 0 Å². The van der Waals surface area contributed by atoms with Crippen LogP contribution in [0.1, 0.15) is 71.1 Å². The van der Waals surface area contributed by atoms with Crippen LogP contribution in [0.25, 0.3) is 0 Å². The van der Waals surface area contributed by atoms with Crippen LogP contribution >= 0.6 is 0 Å². The van der Waals surface area contributed by atoms with Crippen LogP contribution in [0, 0.1) is 0 Å². The molecule has 0 radical (unpaired) electrons. The highest BCUT2D eigenvalue weighted by Gasteiger charge is 2.51. The van der Waals surface area contributed by atoms with E-state index in [9.17, 15) is 71.9 Å². The standard InChI is InChI=1S/C26H33F12NO8/c1-2-3-12-39-13-16(45-18(41)5-9-24(30,31)32)22(47-20(43)7-11-26(36,37)38)21(46-19(42)6-10-25(33,34)35)15(39)14-44-17(40)4-8-23(27,28)29/h15-16,21-22H,2-14H2,1H3/t15-,16+,21-,22-/m1/s1. The zero-order valence-corrected chi connectivity index (χ0v) is 24.8. The van der Waals surface area contributed by atoms with Gasteiger partial charge in [-0.15, -0.1) is 0 Å². The molecule has 0 aliphatic carbocycles. The van der Waals surface area contributed by atoms with Gasteiger partial charge in [0.05, 0.1) is 57.4 Å². The first-order valence-electron chi connectivity index (χ1n) is 14.1. The molecule has 0 aromatic heterocycles. The quantitative estimate of drug-likeness (QED) is 0.106. The molecule has 1 saturated heterocycles. The zero-order valence-electron chi connectivity index (χ0n) is 24.8. The van der Waals surface area contributed by atoms with E-state index < -0.39 is 137 Å². The first-order valence-corrected chi connectivity index (χ1v) is 14.1.